The van der Waals surface area contributed by atoms with Gasteiger partial charge in [0.25, 0.3) is 0 Å². The monoisotopic (exact) mass is 263 g/mol. The van der Waals surface area contributed by atoms with E-state index in [0.29, 0.717) is 5.41 Å². The second-order valence-electron chi connectivity index (χ2n) is 7.13. The van der Waals surface area contributed by atoms with Gasteiger partial charge in [0.05, 0.1) is 6.61 Å². The lowest BCUT2D eigenvalue weighted by atomic mass is 9.43. The molecule has 0 aliphatic heterocycles. The molecular weight excluding hydrogens is 234 g/mol. The first-order chi connectivity index (χ1) is 9.29. The minimum absolute atomic E-state index is 0.522. The molecule has 3 aliphatic carbocycles. The van der Waals surface area contributed by atoms with Crippen molar-refractivity contribution in [3.63, 3.8) is 0 Å². The summed E-state index contributed by atoms with van der Waals surface area (Å²) in [6.07, 6.45) is 15.5. The van der Waals surface area contributed by atoms with E-state index in [4.69, 9.17) is 4.74 Å². The zero-order valence-corrected chi connectivity index (χ0v) is 12.5. The molecule has 2 heteroatoms. The van der Waals surface area contributed by atoms with Crippen molar-refractivity contribution in [2.75, 3.05) is 26.8 Å². The maximum Gasteiger partial charge on any atom is 0.0587 e. The zero-order valence-electron chi connectivity index (χ0n) is 12.5. The van der Waals surface area contributed by atoms with E-state index in [2.05, 4.69) is 11.4 Å². The molecule has 0 atom stereocenters. The van der Waals surface area contributed by atoms with E-state index in [0.717, 1.165) is 18.6 Å². The third-order valence-electron chi connectivity index (χ3n) is 5.76. The van der Waals surface area contributed by atoms with Crippen molar-refractivity contribution in [1.29, 1.82) is 0 Å². The van der Waals surface area contributed by atoms with Gasteiger partial charge in [0.2, 0.25) is 0 Å². The van der Waals surface area contributed by atoms with E-state index in [-0.39, 0.29) is 0 Å². The molecular formula is C17H29NO. The summed E-state index contributed by atoms with van der Waals surface area (Å²) < 4.78 is 5.15. The summed E-state index contributed by atoms with van der Waals surface area (Å²) in [4.78, 5) is 0. The topological polar surface area (TPSA) is 21.3 Å². The fourth-order valence-electron chi connectivity index (χ4n) is 4.70. The highest BCUT2D eigenvalue weighted by Crippen LogP contribution is 2.67. The highest BCUT2D eigenvalue weighted by atomic mass is 16.5. The number of rotatable bonds is 6. The fourth-order valence-corrected chi connectivity index (χ4v) is 4.70. The lowest BCUT2D eigenvalue weighted by Gasteiger charge is -2.63. The molecule has 0 heterocycles. The van der Waals surface area contributed by atoms with Gasteiger partial charge < -0.3 is 10.1 Å². The number of allylic oxidation sites excluding steroid dienone is 1. The predicted octanol–water partition coefficient (Wildman–Crippen LogP) is 3.67. The minimum atomic E-state index is 0.522. The Labute approximate surface area is 118 Å². The van der Waals surface area contributed by atoms with Crippen molar-refractivity contribution in [1.82, 2.24) is 5.32 Å². The van der Waals surface area contributed by atoms with E-state index in [1.807, 2.05) is 0 Å². The summed E-state index contributed by atoms with van der Waals surface area (Å²) in [6, 6.07) is 0. The highest BCUT2D eigenvalue weighted by molar-refractivity contribution is 5.26. The Hall–Kier alpha value is -0.340. The highest BCUT2D eigenvalue weighted by Gasteiger charge is 2.57. The van der Waals surface area contributed by atoms with Crippen LogP contribution in [0.15, 0.2) is 11.6 Å². The van der Waals surface area contributed by atoms with Crippen LogP contribution in [0.4, 0.5) is 0 Å². The molecule has 19 heavy (non-hydrogen) atoms. The van der Waals surface area contributed by atoms with Crippen LogP contribution in [0.25, 0.3) is 0 Å². The second-order valence-corrected chi connectivity index (χ2v) is 7.13. The van der Waals surface area contributed by atoms with Crippen molar-refractivity contribution in [3.8, 4) is 0 Å². The van der Waals surface area contributed by atoms with Gasteiger partial charge in [-0.3, -0.25) is 0 Å². The van der Waals surface area contributed by atoms with E-state index in [1.54, 1.807) is 12.7 Å². The Morgan fingerprint density at radius 2 is 2.05 bits per heavy atom. The maximum atomic E-state index is 5.15. The molecule has 0 saturated heterocycles. The van der Waals surface area contributed by atoms with Crippen molar-refractivity contribution >= 4 is 0 Å². The first-order valence-electron chi connectivity index (χ1n) is 8.18. The molecule has 108 valence electrons. The molecule has 1 N–H and O–H groups in total. The number of nitrogens with one attached hydrogen (secondary N) is 1. The van der Waals surface area contributed by atoms with Crippen molar-refractivity contribution < 1.29 is 4.74 Å². The minimum Gasteiger partial charge on any atom is -0.383 e. The molecule has 0 aromatic heterocycles. The molecule has 0 aromatic rings. The standard InChI is InChI=1S/C17H29NO/c1-19-11-10-18-14-17(15-6-3-2-4-7-15)12-16(13-17)8-5-9-16/h6,18H,2-5,7-14H2,1H3. The molecule has 0 unspecified atom stereocenters. The van der Waals surface area contributed by atoms with Gasteiger partial charge in [0.15, 0.2) is 0 Å². The summed E-state index contributed by atoms with van der Waals surface area (Å²) in [7, 11) is 1.79. The number of ether oxygens (including phenoxy) is 1. The summed E-state index contributed by atoms with van der Waals surface area (Å²) in [6.45, 7) is 3.02. The summed E-state index contributed by atoms with van der Waals surface area (Å²) in [5.41, 5.74) is 3.08. The van der Waals surface area contributed by atoms with Gasteiger partial charge in [-0.15, -0.1) is 0 Å². The first-order valence-corrected chi connectivity index (χ1v) is 8.18. The van der Waals surface area contributed by atoms with Gasteiger partial charge in [0.1, 0.15) is 0 Å². The molecule has 2 saturated carbocycles. The Morgan fingerprint density at radius 3 is 2.63 bits per heavy atom. The van der Waals surface area contributed by atoms with Crippen LogP contribution in [-0.4, -0.2) is 26.8 Å². The molecule has 1 spiro atoms. The average Bonchev–Trinajstić information content (AvgIpc) is 2.36. The van der Waals surface area contributed by atoms with Crippen LogP contribution in [-0.2, 0) is 4.74 Å². The predicted molar refractivity (Wildman–Crippen MR) is 79.2 cm³/mol. The lowest BCUT2D eigenvalue weighted by molar-refractivity contribution is -0.0761. The van der Waals surface area contributed by atoms with Gasteiger partial charge in [-0.1, -0.05) is 18.1 Å². The van der Waals surface area contributed by atoms with Gasteiger partial charge in [-0.2, -0.15) is 0 Å². The van der Waals surface area contributed by atoms with Crippen LogP contribution in [0.2, 0.25) is 0 Å². The van der Waals surface area contributed by atoms with Crippen molar-refractivity contribution in [2.24, 2.45) is 10.8 Å². The van der Waals surface area contributed by atoms with Gasteiger partial charge in [-0.25, -0.2) is 0 Å². The first kappa shape index (κ1) is 13.6. The van der Waals surface area contributed by atoms with Gasteiger partial charge >= 0.3 is 0 Å². The van der Waals surface area contributed by atoms with Crippen LogP contribution >= 0.6 is 0 Å². The zero-order chi connectivity index (χ0) is 13.2. The third kappa shape index (κ3) is 2.62. The second kappa shape index (κ2) is 5.57. The van der Waals surface area contributed by atoms with Crippen LogP contribution in [0, 0.1) is 10.8 Å². The van der Waals surface area contributed by atoms with Gasteiger partial charge in [-0.05, 0) is 56.8 Å². The molecule has 0 bridgehead atoms. The largest absolute Gasteiger partial charge is 0.383 e. The number of hydrogen-bond donors (Lipinski definition) is 1. The molecule has 0 radical (unpaired) electrons. The Balaban J connectivity index is 1.61. The summed E-state index contributed by atoms with van der Waals surface area (Å²) >= 11 is 0. The Morgan fingerprint density at radius 1 is 1.21 bits per heavy atom. The van der Waals surface area contributed by atoms with Crippen LogP contribution in [0.3, 0.4) is 0 Å². The maximum absolute atomic E-state index is 5.15. The van der Waals surface area contributed by atoms with Crippen LogP contribution < -0.4 is 5.32 Å². The quantitative estimate of drug-likeness (QED) is 0.583. The number of hydrogen-bond acceptors (Lipinski definition) is 2. The number of methoxy groups -OCH3 is 1. The van der Waals surface area contributed by atoms with Crippen LogP contribution in [0.1, 0.15) is 57.8 Å². The molecule has 3 rings (SSSR count). The van der Waals surface area contributed by atoms with E-state index < -0.39 is 0 Å². The lowest BCUT2D eigenvalue weighted by Crippen LogP contribution is -2.55. The van der Waals surface area contributed by atoms with Crippen LogP contribution in [0.5, 0.6) is 0 Å². The molecule has 2 fully saturated rings. The molecule has 3 aliphatic rings. The third-order valence-corrected chi connectivity index (χ3v) is 5.76. The Bertz CT molecular complexity index is 335. The normalized spacial score (nSPS) is 27.5. The molecule has 0 aromatic carbocycles. The van der Waals surface area contributed by atoms with Crippen molar-refractivity contribution in [3.05, 3.63) is 11.6 Å². The average molecular weight is 263 g/mol. The molecule has 2 nitrogen and oxygen atoms in total. The smallest absolute Gasteiger partial charge is 0.0587 e. The van der Waals surface area contributed by atoms with Crippen molar-refractivity contribution in [2.45, 2.75) is 57.8 Å². The van der Waals surface area contributed by atoms with E-state index in [1.165, 1.54) is 64.3 Å². The Kier molecular flexibility index (Phi) is 4.00. The molecule has 0 amide bonds. The summed E-state index contributed by atoms with van der Waals surface area (Å²) in [5, 5.41) is 3.65. The van der Waals surface area contributed by atoms with E-state index in [9.17, 15) is 0 Å². The van der Waals surface area contributed by atoms with Gasteiger partial charge in [0, 0.05) is 25.6 Å². The SMILES string of the molecule is COCCNCC1(C2=CCCCC2)CC2(CCC2)C1. The summed E-state index contributed by atoms with van der Waals surface area (Å²) in [5.74, 6) is 0. The van der Waals surface area contributed by atoms with E-state index >= 15 is 0 Å². The fraction of sp³-hybridized carbons (Fsp3) is 0.882.